The van der Waals surface area contributed by atoms with Gasteiger partial charge in [0.05, 0.1) is 11.1 Å². The van der Waals surface area contributed by atoms with Crippen LogP contribution in [0, 0.1) is 5.82 Å². The second-order valence-electron chi connectivity index (χ2n) is 4.73. The van der Waals surface area contributed by atoms with E-state index >= 15 is 0 Å². The van der Waals surface area contributed by atoms with E-state index in [1.807, 2.05) is 12.1 Å². The van der Waals surface area contributed by atoms with E-state index in [1.54, 1.807) is 36.6 Å². The molecule has 0 saturated carbocycles. The van der Waals surface area contributed by atoms with Crippen molar-refractivity contribution in [3.05, 3.63) is 71.2 Å². The summed E-state index contributed by atoms with van der Waals surface area (Å²) in [4.78, 5) is 13.4. The van der Waals surface area contributed by atoms with E-state index in [1.165, 1.54) is 17.4 Å². The molecule has 2 heterocycles. The zero-order valence-electron chi connectivity index (χ0n) is 11.7. The normalized spacial score (nSPS) is 10.6. The Balaban J connectivity index is 1.63. The lowest BCUT2D eigenvalue weighted by atomic mass is 10.2. The van der Waals surface area contributed by atoms with Crippen molar-refractivity contribution in [1.82, 2.24) is 5.32 Å². The lowest BCUT2D eigenvalue weighted by Crippen LogP contribution is -2.24. The number of furan rings is 1. The Bertz CT molecular complexity index is 765. The van der Waals surface area contributed by atoms with E-state index in [2.05, 4.69) is 5.32 Å². The molecule has 0 unspecified atom stereocenters. The highest BCUT2D eigenvalue weighted by atomic mass is 32.1. The van der Waals surface area contributed by atoms with Crippen LogP contribution in [-0.4, -0.2) is 12.5 Å². The van der Waals surface area contributed by atoms with Crippen molar-refractivity contribution in [2.45, 2.75) is 6.42 Å². The van der Waals surface area contributed by atoms with Crippen LogP contribution < -0.4 is 5.32 Å². The second kappa shape index (κ2) is 6.58. The Kier molecular flexibility index (Phi) is 4.34. The van der Waals surface area contributed by atoms with Crippen molar-refractivity contribution in [3.63, 3.8) is 0 Å². The number of halogens is 1. The highest BCUT2D eigenvalue weighted by Crippen LogP contribution is 2.29. The molecule has 0 atom stereocenters. The van der Waals surface area contributed by atoms with Crippen molar-refractivity contribution in [3.8, 4) is 10.4 Å². The first kappa shape index (κ1) is 14.5. The molecule has 1 N–H and O–H groups in total. The number of thiophene rings is 1. The maximum Gasteiger partial charge on any atom is 0.261 e. The molecule has 112 valence electrons. The third kappa shape index (κ3) is 3.26. The first-order valence-electron chi connectivity index (χ1n) is 6.89. The van der Waals surface area contributed by atoms with E-state index in [-0.39, 0.29) is 11.7 Å². The summed E-state index contributed by atoms with van der Waals surface area (Å²) in [6.07, 6.45) is 2.25. The van der Waals surface area contributed by atoms with Crippen LogP contribution in [0.1, 0.15) is 15.4 Å². The van der Waals surface area contributed by atoms with Gasteiger partial charge in [0.1, 0.15) is 11.6 Å². The van der Waals surface area contributed by atoms with Gasteiger partial charge in [0.2, 0.25) is 0 Å². The summed E-state index contributed by atoms with van der Waals surface area (Å²) >= 11 is 1.28. The molecule has 0 bridgehead atoms. The number of benzene rings is 1. The number of carbonyl (C=O) groups is 1. The Labute approximate surface area is 131 Å². The number of rotatable bonds is 5. The number of hydrogen-bond donors (Lipinski definition) is 1. The number of amides is 1. The van der Waals surface area contributed by atoms with Crippen LogP contribution in [0.15, 0.2) is 59.2 Å². The van der Waals surface area contributed by atoms with Gasteiger partial charge in [0.15, 0.2) is 0 Å². The Morgan fingerprint density at radius 3 is 2.77 bits per heavy atom. The fraction of sp³-hybridized carbons (Fsp3) is 0.118. The lowest BCUT2D eigenvalue weighted by Gasteiger charge is -2.02. The van der Waals surface area contributed by atoms with Gasteiger partial charge in [-0.2, -0.15) is 0 Å². The van der Waals surface area contributed by atoms with E-state index in [4.69, 9.17) is 4.42 Å². The lowest BCUT2D eigenvalue weighted by molar-refractivity contribution is 0.0958. The van der Waals surface area contributed by atoms with Gasteiger partial charge >= 0.3 is 0 Å². The monoisotopic (exact) mass is 315 g/mol. The molecule has 22 heavy (non-hydrogen) atoms. The number of carbonyl (C=O) groups excluding carboxylic acids is 1. The largest absolute Gasteiger partial charge is 0.469 e. The summed E-state index contributed by atoms with van der Waals surface area (Å²) < 4.78 is 18.9. The molecule has 0 spiro atoms. The minimum Gasteiger partial charge on any atom is -0.469 e. The summed E-state index contributed by atoms with van der Waals surface area (Å²) in [5.74, 6) is 0.395. The Hall–Kier alpha value is -2.40. The average molecular weight is 315 g/mol. The van der Waals surface area contributed by atoms with Crippen molar-refractivity contribution in [2.75, 3.05) is 6.54 Å². The van der Waals surface area contributed by atoms with E-state index in [0.29, 0.717) is 23.4 Å². The molecule has 0 saturated heterocycles. The smallest absolute Gasteiger partial charge is 0.261 e. The van der Waals surface area contributed by atoms with Gasteiger partial charge in [0, 0.05) is 23.4 Å². The predicted octanol–water partition coefficient (Wildman–Crippen LogP) is 4.12. The molecule has 0 aliphatic carbocycles. The van der Waals surface area contributed by atoms with Crippen LogP contribution in [0.4, 0.5) is 4.39 Å². The highest BCUT2D eigenvalue weighted by molar-refractivity contribution is 7.17. The standard InChI is InChI=1S/C17H14FNO2S/c18-14-6-2-1-5-13(14)15-7-8-16(22-15)17(20)19-10-9-12-4-3-11-21-12/h1-8,11H,9-10H2,(H,19,20). The maximum absolute atomic E-state index is 13.7. The third-order valence-corrected chi connectivity index (χ3v) is 4.32. The van der Waals surface area contributed by atoms with E-state index in [0.717, 1.165) is 10.6 Å². The first-order valence-corrected chi connectivity index (χ1v) is 7.71. The quantitative estimate of drug-likeness (QED) is 0.769. The fourth-order valence-electron chi connectivity index (χ4n) is 2.11. The molecule has 0 aliphatic rings. The molecule has 1 aromatic carbocycles. The van der Waals surface area contributed by atoms with Crippen LogP contribution in [0.5, 0.6) is 0 Å². The molecule has 2 aromatic heterocycles. The number of nitrogens with one attached hydrogen (secondary N) is 1. The molecule has 1 amide bonds. The third-order valence-electron chi connectivity index (χ3n) is 3.21. The van der Waals surface area contributed by atoms with E-state index in [9.17, 15) is 9.18 Å². The summed E-state index contributed by atoms with van der Waals surface area (Å²) in [7, 11) is 0. The van der Waals surface area contributed by atoms with Crippen LogP contribution in [-0.2, 0) is 6.42 Å². The van der Waals surface area contributed by atoms with E-state index < -0.39 is 0 Å². The minimum atomic E-state index is -0.283. The Morgan fingerprint density at radius 1 is 1.14 bits per heavy atom. The maximum atomic E-state index is 13.7. The molecule has 3 rings (SSSR count). The summed E-state index contributed by atoms with van der Waals surface area (Å²) in [6, 6.07) is 13.7. The number of hydrogen-bond acceptors (Lipinski definition) is 3. The summed E-state index contributed by atoms with van der Waals surface area (Å²) in [6.45, 7) is 0.499. The van der Waals surface area contributed by atoms with Crippen LogP contribution >= 0.6 is 11.3 Å². The molecule has 0 radical (unpaired) electrons. The van der Waals surface area contributed by atoms with Crippen molar-refractivity contribution < 1.29 is 13.6 Å². The average Bonchev–Trinajstić information content (AvgIpc) is 3.19. The zero-order chi connectivity index (χ0) is 15.4. The van der Waals surface area contributed by atoms with Gasteiger partial charge in [-0.15, -0.1) is 11.3 Å². The fourth-order valence-corrected chi connectivity index (χ4v) is 3.06. The first-order chi connectivity index (χ1) is 10.7. The van der Waals surface area contributed by atoms with Gasteiger partial charge < -0.3 is 9.73 Å². The van der Waals surface area contributed by atoms with Gasteiger partial charge in [0.25, 0.3) is 5.91 Å². The molecule has 0 aliphatic heterocycles. The molecule has 3 nitrogen and oxygen atoms in total. The van der Waals surface area contributed by atoms with Crippen LogP contribution in [0.3, 0.4) is 0 Å². The van der Waals surface area contributed by atoms with Crippen molar-refractivity contribution >= 4 is 17.2 Å². The zero-order valence-corrected chi connectivity index (χ0v) is 12.5. The molecule has 3 aromatic rings. The van der Waals surface area contributed by atoms with Gasteiger partial charge in [-0.05, 0) is 30.3 Å². The molecular formula is C17H14FNO2S. The van der Waals surface area contributed by atoms with Gasteiger partial charge in [-0.25, -0.2) is 4.39 Å². The van der Waals surface area contributed by atoms with Gasteiger partial charge in [-0.3, -0.25) is 4.79 Å². The molecule has 0 fully saturated rings. The second-order valence-corrected chi connectivity index (χ2v) is 5.81. The highest BCUT2D eigenvalue weighted by Gasteiger charge is 2.12. The summed E-state index contributed by atoms with van der Waals surface area (Å²) in [5, 5.41) is 2.83. The molecular weight excluding hydrogens is 301 g/mol. The van der Waals surface area contributed by atoms with Crippen LogP contribution in [0.2, 0.25) is 0 Å². The van der Waals surface area contributed by atoms with Crippen molar-refractivity contribution in [1.29, 1.82) is 0 Å². The minimum absolute atomic E-state index is 0.154. The van der Waals surface area contributed by atoms with Crippen LogP contribution in [0.25, 0.3) is 10.4 Å². The molecule has 5 heteroatoms. The van der Waals surface area contributed by atoms with Gasteiger partial charge in [-0.1, -0.05) is 18.2 Å². The topological polar surface area (TPSA) is 42.2 Å². The summed E-state index contributed by atoms with van der Waals surface area (Å²) in [5.41, 5.74) is 0.516. The van der Waals surface area contributed by atoms with Crippen molar-refractivity contribution in [2.24, 2.45) is 0 Å². The SMILES string of the molecule is O=C(NCCc1ccco1)c1ccc(-c2ccccc2F)s1. The Morgan fingerprint density at radius 2 is 2.00 bits per heavy atom. The predicted molar refractivity (Wildman–Crippen MR) is 84.5 cm³/mol.